The minimum absolute atomic E-state index is 0.0575. The predicted molar refractivity (Wildman–Crippen MR) is 82.8 cm³/mol. The third-order valence-electron chi connectivity index (χ3n) is 3.87. The highest BCUT2D eigenvalue weighted by molar-refractivity contribution is 6.77. The fraction of sp³-hybridized carbons (Fsp3) is 0.933. The van der Waals surface area contributed by atoms with Gasteiger partial charge in [-0.05, 0) is 30.5 Å². The Labute approximate surface area is 120 Å². The van der Waals surface area contributed by atoms with Crippen molar-refractivity contribution in [3.05, 3.63) is 0 Å². The molecule has 3 nitrogen and oxygen atoms in total. The van der Waals surface area contributed by atoms with Gasteiger partial charge in [0.25, 0.3) is 0 Å². The van der Waals surface area contributed by atoms with Crippen LogP contribution in [-0.4, -0.2) is 27.0 Å². The van der Waals surface area contributed by atoms with Crippen molar-refractivity contribution in [3.8, 4) is 0 Å². The normalized spacial score (nSPS) is 14.3. The number of carbonyl (C=O) groups is 1. The van der Waals surface area contributed by atoms with Gasteiger partial charge in [-0.2, -0.15) is 0 Å². The maximum atomic E-state index is 11.6. The predicted octanol–water partition coefficient (Wildman–Crippen LogP) is 4.52. The molecule has 114 valence electrons. The Bertz CT molecular complexity index is 253. The van der Waals surface area contributed by atoms with Gasteiger partial charge < -0.3 is 9.16 Å². The van der Waals surface area contributed by atoms with E-state index in [0.717, 1.165) is 0 Å². The van der Waals surface area contributed by atoms with Gasteiger partial charge in [0, 0.05) is 0 Å². The van der Waals surface area contributed by atoms with Crippen molar-refractivity contribution in [2.45, 2.75) is 84.5 Å². The first kappa shape index (κ1) is 18.6. The summed E-state index contributed by atoms with van der Waals surface area (Å²) in [5, 5.41) is 0. The lowest BCUT2D eigenvalue weighted by atomic mass is 10.3. The third kappa shape index (κ3) is 4.92. The molecule has 0 aromatic carbocycles. The van der Waals surface area contributed by atoms with E-state index in [1.165, 1.54) is 0 Å². The fourth-order valence-electron chi connectivity index (χ4n) is 3.25. The van der Waals surface area contributed by atoms with Crippen LogP contribution in [-0.2, 0) is 14.0 Å². The highest BCUT2D eigenvalue weighted by Gasteiger charge is 2.46. The summed E-state index contributed by atoms with van der Waals surface area (Å²) < 4.78 is 11.5. The molecule has 0 spiro atoms. The van der Waals surface area contributed by atoms with Crippen molar-refractivity contribution in [1.82, 2.24) is 0 Å². The van der Waals surface area contributed by atoms with E-state index in [0.29, 0.717) is 29.7 Å². The van der Waals surface area contributed by atoms with Crippen molar-refractivity contribution in [1.29, 1.82) is 0 Å². The quantitative estimate of drug-likeness (QED) is 0.486. The number of ether oxygens (including phenoxy) is 1. The summed E-state index contributed by atoms with van der Waals surface area (Å²) in [6.07, 6.45) is 0.298. The van der Waals surface area contributed by atoms with E-state index in [1.807, 2.05) is 13.8 Å². The highest BCUT2D eigenvalue weighted by atomic mass is 28.4. The first-order chi connectivity index (χ1) is 8.68. The molecule has 0 heterocycles. The van der Waals surface area contributed by atoms with Crippen molar-refractivity contribution < 1.29 is 14.0 Å². The maximum absolute atomic E-state index is 11.6. The van der Waals surface area contributed by atoms with Crippen LogP contribution < -0.4 is 0 Å². The lowest BCUT2D eigenvalue weighted by molar-refractivity contribution is -0.144. The Hall–Kier alpha value is -0.353. The second kappa shape index (κ2) is 8.05. The average Bonchev–Trinajstić information content (AvgIpc) is 2.24. The molecule has 19 heavy (non-hydrogen) atoms. The van der Waals surface area contributed by atoms with Crippen molar-refractivity contribution in [2.75, 3.05) is 6.61 Å². The van der Waals surface area contributed by atoms with Gasteiger partial charge in [-0.25, -0.2) is 0 Å². The standard InChI is InChI=1S/C15H32O3Si/c1-9-17-15(16)10-14(8)18-19(11(2)3,12(4)5)13(6)7/h11-14H,9-10H2,1-8H3. The first-order valence-electron chi connectivity index (χ1n) is 7.51. The van der Waals surface area contributed by atoms with Crippen LogP contribution in [0.4, 0.5) is 0 Å². The molecular formula is C15H32O3Si. The Morgan fingerprint density at radius 2 is 1.37 bits per heavy atom. The van der Waals surface area contributed by atoms with Crippen LogP contribution in [0, 0.1) is 0 Å². The molecule has 0 amide bonds. The number of hydrogen-bond donors (Lipinski definition) is 0. The second-order valence-electron chi connectivity index (χ2n) is 6.26. The van der Waals surface area contributed by atoms with Crippen LogP contribution in [0.3, 0.4) is 0 Å². The summed E-state index contributed by atoms with van der Waals surface area (Å²) in [4.78, 5) is 11.6. The van der Waals surface area contributed by atoms with Gasteiger partial charge in [0.2, 0.25) is 8.32 Å². The van der Waals surface area contributed by atoms with Gasteiger partial charge in [-0.15, -0.1) is 0 Å². The van der Waals surface area contributed by atoms with Gasteiger partial charge in [0.15, 0.2) is 0 Å². The molecular weight excluding hydrogens is 256 g/mol. The van der Waals surface area contributed by atoms with Crippen LogP contribution in [0.15, 0.2) is 0 Å². The lowest BCUT2D eigenvalue weighted by Gasteiger charge is -2.44. The van der Waals surface area contributed by atoms with Crippen molar-refractivity contribution >= 4 is 14.3 Å². The largest absolute Gasteiger partial charge is 0.466 e. The Morgan fingerprint density at radius 1 is 0.947 bits per heavy atom. The van der Waals surface area contributed by atoms with Crippen LogP contribution in [0.25, 0.3) is 0 Å². The molecule has 0 radical (unpaired) electrons. The molecule has 0 aromatic rings. The fourth-order valence-corrected chi connectivity index (χ4v) is 8.85. The number of esters is 1. The average molecular weight is 289 g/mol. The van der Waals surface area contributed by atoms with Gasteiger partial charge in [0.1, 0.15) is 0 Å². The Balaban J connectivity index is 4.87. The van der Waals surface area contributed by atoms with E-state index in [4.69, 9.17) is 9.16 Å². The topological polar surface area (TPSA) is 35.5 Å². The lowest BCUT2D eigenvalue weighted by Crippen LogP contribution is -2.50. The van der Waals surface area contributed by atoms with E-state index >= 15 is 0 Å². The SMILES string of the molecule is CCOC(=O)CC(C)O[Si](C(C)C)(C(C)C)C(C)C. The third-order valence-corrected chi connectivity index (χ3v) is 10.1. The van der Waals surface area contributed by atoms with Gasteiger partial charge in [0.05, 0.1) is 19.1 Å². The van der Waals surface area contributed by atoms with Gasteiger partial charge in [-0.3, -0.25) is 4.79 Å². The van der Waals surface area contributed by atoms with Crippen molar-refractivity contribution in [2.24, 2.45) is 0 Å². The maximum Gasteiger partial charge on any atom is 0.308 e. The first-order valence-corrected chi connectivity index (χ1v) is 9.65. The van der Waals surface area contributed by atoms with Crippen molar-refractivity contribution in [3.63, 3.8) is 0 Å². The van der Waals surface area contributed by atoms with Crippen LogP contribution in [0.1, 0.15) is 61.8 Å². The second-order valence-corrected chi connectivity index (χ2v) is 11.7. The van der Waals surface area contributed by atoms with Gasteiger partial charge >= 0.3 is 5.97 Å². The minimum atomic E-state index is -1.89. The molecule has 0 aliphatic rings. The number of rotatable bonds is 8. The summed E-state index contributed by atoms with van der Waals surface area (Å²) >= 11 is 0. The minimum Gasteiger partial charge on any atom is -0.466 e. The molecule has 0 saturated carbocycles. The molecule has 0 saturated heterocycles. The molecule has 1 unspecified atom stereocenters. The zero-order valence-electron chi connectivity index (χ0n) is 13.9. The summed E-state index contributed by atoms with van der Waals surface area (Å²) in [7, 11) is -1.89. The smallest absolute Gasteiger partial charge is 0.308 e. The molecule has 4 heteroatoms. The summed E-state index contributed by atoms with van der Waals surface area (Å²) in [6, 6.07) is 0. The highest BCUT2D eigenvalue weighted by Crippen LogP contribution is 2.43. The van der Waals surface area contributed by atoms with E-state index in [1.54, 1.807) is 0 Å². The Morgan fingerprint density at radius 3 is 1.68 bits per heavy atom. The molecule has 0 bridgehead atoms. The van der Waals surface area contributed by atoms with E-state index in [-0.39, 0.29) is 12.1 Å². The number of hydrogen-bond acceptors (Lipinski definition) is 3. The van der Waals surface area contributed by atoms with Crippen LogP contribution in [0.2, 0.25) is 16.6 Å². The molecule has 0 aromatic heterocycles. The molecule has 0 N–H and O–H groups in total. The van der Waals surface area contributed by atoms with E-state index < -0.39 is 8.32 Å². The molecule has 0 aliphatic heterocycles. The molecule has 1 atom stereocenters. The summed E-state index contributed by atoms with van der Waals surface area (Å²) in [5.41, 5.74) is 1.62. The summed E-state index contributed by atoms with van der Waals surface area (Å²) in [6.45, 7) is 17.8. The summed E-state index contributed by atoms with van der Waals surface area (Å²) in [5.74, 6) is -0.158. The molecule has 0 rings (SSSR count). The zero-order chi connectivity index (χ0) is 15.2. The zero-order valence-corrected chi connectivity index (χ0v) is 14.9. The monoisotopic (exact) mass is 288 g/mol. The Kier molecular flexibility index (Phi) is 7.90. The van der Waals surface area contributed by atoms with Gasteiger partial charge in [-0.1, -0.05) is 41.5 Å². The molecule has 0 aliphatic carbocycles. The van der Waals surface area contributed by atoms with Crippen LogP contribution >= 0.6 is 0 Å². The molecule has 0 fully saturated rings. The van der Waals surface area contributed by atoms with E-state index in [2.05, 4.69) is 41.5 Å². The number of carbonyl (C=O) groups excluding carboxylic acids is 1. The van der Waals surface area contributed by atoms with Crippen LogP contribution in [0.5, 0.6) is 0 Å². The van der Waals surface area contributed by atoms with E-state index in [9.17, 15) is 4.79 Å².